The number of carbonyl (C=O) groups excluding carboxylic acids is 1. The van der Waals surface area contributed by atoms with Crippen molar-refractivity contribution >= 4 is 40.0 Å². The van der Waals surface area contributed by atoms with Gasteiger partial charge in [0, 0.05) is 32.2 Å². The topological polar surface area (TPSA) is 74.2 Å². The maximum atomic E-state index is 13.6. The van der Waals surface area contributed by atoms with Crippen LogP contribution in [-0.2, 0) is 4.79 Å². The van der Waals surface area contributed by atoms with Crippen LogP contribution in [0.15, 0.2) is 54.3 Å². The van der Waals surface area contributed by atoms with Crippen LogP contribution in [0.3, 0.4) is 0 Å². The van der Waals surface area contributed by atoms with E-state index < -0.39 is 0 Å². The largest absolute Gasteiger partial charge is 0.338 e. The molecule has 0 bridgehead atoms. The SMILES string of the molecule is Cc1cc2ncccc2cc1Nc1ncc2c(n1)N(C1C=C=C(F)C1)CC(=O)N2C.[HH]. The first-order chi connectivity index (χ1) is 14.5. The molecule has 3 heterocycles. The molecule has 0 spiro atoms. The van der Waals surface area contributed by atoms with Gasteiger partial charge in [-0.3, -0.25) is 9.78 Å². The number of benzene rings is 1. The standard InChI is InChI=1S/C22H19FN6O.H2/c1-13-8-18-14(4-3-7-24-18)9-17(13)26-22-25-11-19-21(27-22)29(12-20(30)28(19)2)16-6-5-15(23)10-16;/h3-4,6-9,11,16H,10,12H2,1-2H3,(H,25,26,27);1H. The highest BCUT2D eigenvalue weighted by molar-refractivity contribution is 6.02. The predicted octanol–water partition coefficient (Wildman–Crippen LogP) is 3.89. The number of amides is 1. The summed E-state index contributed by atoms with van der Waals surface area (Å²) in [6.45, 7) is 2.11. The van der Waals surface area contributed by atoms with Gasteiger partial charge in [0.15, 0.2) is 5.82 Å². The van der Waals surface area contributed by atoms with Crippen LogP contribution in [0.2, 0.25) is 0 Å². The van der Waals surface area contributed by atoms with Gasteiger partial charge in [0.25, 0.3) is 0 Å². The normalized spacial score (nSPS) is 18.0. The van der Waals surface area contributed by atoms with Crippen molar-refractivity contribution in [2.75, 3.05) is 28.7 Å². The molecule has 1 atom stereocenters. The van der Waals surface area contributed by atoms with Gasteiger partial charge >= 0.3 is 0 Å². The Balaban J connectivity index is 0.00000231. The maximum Gasteiger partial charge on any atom is 0.246 e. The van der Waals surface area contributed by atoms with Crippen molar-refractivity contribution < 1.29 is 10.6 Å². The number of aryl methyl sites for hydroxylation is 1. The molecule has 0 radical (unpaired) electrons. The molecule has 5 rings (SSSR count). The van der Waals surface area contributed by atoms with Crippen molar-refractivity contribution in [3.8, 4) is 0 Å². The summed E-state index contributed by atoms with van der Waals surface area (Å²) in [5.41, 5.74) is 5.99. The molecule has 1 aliphatic carbocycles. The molecule has 1 aromatic carbocycles. The smallest absolute Gasteiger partial charge is 0.246 e. The van der Waals surface area contributed by atoms with E-state index in [4.69, 9.17) is 0 Å². The van der Waals surface area contributed by atoms with Crippen LogP contribution >= 0.6 is 0 Å². The van der Waals surface area contributed by atoms with Gasteiger partial charge in [-0.15, -0.1) is 0 Å². The van der Waals surface area contributed by atoms with E-state index in [0.717, 1.165) is 22.2 Å². The first-order valence-electron chi connectivity index (χ1n) is 9.63. The molecule has 2 aromatic heterocycles. The number of hydrogen-bond acceptors (Lipinski definition) is 6. The molecule has 1 amide bonds. The van der Waals surface area contributed by atoms with E-state index in [2.05, 4.69) is 26.0 Å². The van der Waals surface area contributed by atoms with Crippen LogP contribution in [-0.4, -0.2) is 40.5 Å². The Bertz CT molecular complexity index is 1260. The quantitative estimate of drug-likeness (QED) is 0.668. The molecule has 1 unspecified atom stereocenters. The molecule has 8 heteroatoms. The molecule has 7 nitrogen and oxygen atoms in total. The summed E-state index contributed by atoms with van der Waals surface area (Å²) in [5, 5.41) is 4.28. The zero-order valence-electron chi connectivity index (χ0n) is 16.6. The number of nitrogens with one attached hydrogen (secondary N) is 1. The average molecular weight is 404 g/mol. The highest BCUT2D eigenvalue weighted by atomic mass is 19.1. The maximum absolute atomic E-state index is 13.6. The summed E-state index contributed by atoms with van der Waals surface area (Å²) in [4.78, 5) is 29.2. The van der Waals surface area contributed by atoms with Crippen molar-refractivity contribution in [3.63, 3.8) is 0 Å². The Morgan fingerprint density at radius 3 is 3.00 bits per heavy atom. The van der Waals surface area contributed by atoms with Crippen molar-refractivity contribution in [1.82, 2.24) is 15.0 Å². The zero-order valence-corrected chi connectivity index (χ0v) is 16.6. The van der Waals surface area contributed by atoms with Gasteiger partial charge < -0.3 is 15.1 Å². The number of pyridine rings is 1. The molecule has 152 valence electrons. The van der Waals surface area contributed by atoms with Gasteiger partial charge in [0.1, 0.15) is 11.5 Å². The lowest BCUT2D eigenvalue weighted by Crippen LogP contribution is -2.48. The van der Waals surface area contributed by atoms with Crippen molar-refractivity contribution in [3.05, 3.63) is 59.9 Å². The highest BCUT2D eigenvalue weighted by Crippen LogP contribution is 2.35. The van der Waals surface area contributed by atoms with Crippen LogP contribution in [0, 0.1) is 6.92 Å². The third-order valence-electron chi connectivity index (χ3n) is 5.48. The van der Waals surface area contributed by atoms with E-state index in [0.29, 0.717) is 17.5 Å². The number of nitrogens with zero attached hydrogens (tertiary/aromatic N) is 5. The van der Waals surface area contributed by atoms with Gasteiger partial charge in [-0.25, -0.2) is 9.37 Å². The molecule has 1 N–H and O–H groups in total. The molecule has 0 fully saturated rings. The van der Waals surface area contributed by atoms with E-state index >= 15 is 0 Å². The minimum Gasteiger partial charge on any atom is -0.338 e. The number of rotatable bonds is 3. The number of halogens is 1. The second-order valence-corrected chi connectivity index (χ2v) is 7.46. The number of likely N-dealkylation sites (N-methyl/N-ethyl adjacent to an activating group) is 1. The fraction of sp³-hybridized carbons (Fsp3) is 0.227. The number of aromatic nitrogens is 3. The molecule has 0 saturated heterocycles. The van der Waals surface area contributed by atoms with E-state index in [1.807, 2.05) is 31.2 Å². The number of hydrogen-bond donors (Lipinski definition) is 1. The van der Waals surface area contributed by atoms with Gasteiger partial charge in [0.2, 0.25) is 11.9 Å². The summed E-state index contributed by atoms with van der Waals surface area (Å²) < 4.78 is 13.6. The van der Waals surface area contributed by atoms with Gasteiger partial charge in [-0.1, -0.05) is 11.8 Å². The molecule has 3 aromatic rings. The number of anilines is 4. The lowest BCUT2D eigenvalue weighted by atomic mass is 10.1. The molecular weight excluding hydrogens is 383 g/mol. The Morgan fingerprint density at radius 2 is 2.20 bits per heavy atom. The minimum absolute atomic E-state index is 0. The van der Waals surface area contributed by atoms with Gasteiger partial charge in [-0.05, 0) is 36.8 Å². The molecular formula is C22H21FN6O. The van der Waals surface area contributed by atoms with Crippen molar-refractivity contribution in [2.24, 2.45) is 0 Å². The first-order valence-corrected chi connectivity index (χ1v) is 9.63. The predicted molar refractivity (Wildman–Crippen MR) is 116 cm³/mol. The van der Waals surface area contributed by atoms with Crippen LogP contribution in [0.4, 0.5) is 27.5 Å². The summed E-state index contributed by atoms with van der Waals surface area (Å²) in [5.74, 6) is 0.585. The Labute approximate surface area is 174 Å². The van der Waals surface area contributed by atoms with E-state index in [9.17, 15) is 9.18 Å². The Morgan fingerprint density at radius 1 is 1.33 bits per heavy atom. The highest BCUT2D eigenvalue weighted by Gasteiger charge is 2.34. The van der Waals surface area contributed by atoms with Crippen molar-refractivity contribution in [2.45, 2.75) is 19.4 Å². The van der Waals surface area contributed by atoms with Crippen molar-refractivity contribution in [1.29, 1.82) is 0 Å². The molecule has 30 heavy (non-hydrogen) atoms. The molecule has 0 saturated carbocycles. The molecule has 2 aliphatic rings. The summed E-state index contributed by atoms with van der Waals surface area (Å²) in [6.07, 6.45) is 5.21. The fourth-order valence-corrected chi connectivity index (χ4v) is 3.78. The first kappa shape index (κ1) is 18.3. The van der Waals surface area contributed by atoms with Crippen LogP contribution < -0.4 is 15.1 Å². The van der Waals surface area contributed by atoms with E-state index in [1.165, 1.54) is 4.90 Å². The zero-order chi connectivity index (χ0) is 20.8. The van der Waals surface area contributed by atoms with Gasteiger partial charge in [0.05, 0.1) is 24.3 Å². The Kier molecular flexibility index (Phi) is 4.22. The van der Waals surface area contributed by atoms with E-state index in [1.54, 1.807) is 30.4 Å². The van der Waals surface area contributed by atoms with E-state index in [-0.39, 0.29) is 32.2 Å². The lowest BCUT2D eigenvalue weighted by molar-refractivity contribution is -0.117. The second kappa shape index (κ2) is 6.93. The molecule has 1 aliphatic heterocycles. The lowest BCUT2D eigenvalue weighted by Gasteiger charge is -2.37. The number of fused-ring (bicyclic) bond motifs is 2. The second-order valence-electron chi connectivity index (χ2n) is 7.46. The third kappa shape index (κ3) is 3.07. The number of carbonyl (C=O) groups is 1. The summed E-state index contributed by atoms with van der Waals surface area (Å²) >= 11 is 0. The fourth-order valence-electron chi connectivity index (χ4n) is 3.78. The average Bonchev–Trinajstić information content (AvgIpc) is 3.17. The van der Waals surface area contributed by atoms with Crippen LogP contribution in [0.1, 0.15) is 13.4 Å². The summed E-state index contributed by atoms with van der Waals surface area (Å²) in [7, 11) is 1.69. The van der Waals surface area contributed by atoms with Gasteiger partial charge in [-0.2, -0.15) is 4.98 Å². The van der Waals surface area contributed by atoms with Crippen LogP contribution in [0.25, 0.3) is 10.9 Å². The monoisotopic (exact) mass is 404 g/mol. The minimum atomic E-state index is -0.319. The summed E-state index contributed by atoms with van der Waals surface area (Å²) in [6, 6.07) is 7.61. The Hall–Kier alpha value is -3.77. The van der Waals surface area contributed by atoms with Crippen LogP contribution in [0.5, 0.6) is 0 Å². The third-order valence-corrected chi connectivity index (χ3v) is 5.48.